The number of unbranched alkanes of at least 4 members (excludes halogenated alkanes) is 3. The average Bonchev–Trinajstić information content (AvgIpc) is 2.93. The van der Waals surface area contributed by atoms with Crippen LogP contribution in [0.15, 0.2) is 17.4 Å². The van der Waals surface area contributed by atoms with Crippen LogP contribution in [0.25, 0.3) is 0 Å². The Balaban J connectivity index is 2.05. The van der Waals surface area contributed by atoms with Crippen LogP contribution in [0.4, 0.5) is 4.39 Å². The third kappa shape index (κ3) is 4.28. The molecule has 0 nitrogen and oxygen atoms in total. The second kappa shape index (κ2) is 5.99. The minimum atomic E-state index is -0.183. The van der Waals surface area contributed by atoms with E-state index in [1.165, 1.54) is 31.3 Å². The van der Waals surface area contributed by atoms with Crippen molar-refractivity contribution in [3.63, 3.8) is 0 Å². The first kappa shape index (κ1) is 10.5. The van der Waals surface area contributed by atoms with Crippen molar-refractivity contribution in [3.05, 3.63) is 17.4 Å². The SMILES string of the molecule is CCCCCCC(CCF)C1=C=C1. The molecule has 0 heterocycles. The van der Waals surface area contributed by atoms with Crippen LogP contribution >= 0.6 is 0 Å². The molecule has 1 rings (SSSR count). The lowest BCUT2D eigenvalue weighted by Crippen LogP contribution is -2.00. The molecule has 1 heteroatoms. The van der Waals surface area contributed by atoms with E-state index in [9.17, 15) is 4.39 Å². The van der Waals surface area contributed by atoms with Crippen molar-refractivity contribution in [2.75, 3.05) is 6.67 Å². The highest BCUT2D eigenvalue weighted by Crippen LogP contribution is 2.27. The van der Waals surface area contributed by atoms with Crippen LogP contribution in [0.1, 0.15) is 45.4 Å². The lowest BCUT2D eigenvalue weighted by Gasteiger charge is -2.10. The summed E-state index contributed by atoms with van der Waals surface area (Å²) in [6.07, 6.45) is 8.99. The summed E-state index contributed by atoms with van der Waals surface area (Å²) in [4.78, 5) is 0. The summed E-state index contributed by atoms with van der Waals surface area (Å²) in [5.41, 5.74) is 4.36. The summed E-state index contributed by atoms with van der Waals surface area (Å²) in [5.74, 6) is 0.474. The van der Waals surface area contributed by atoms with Gasteiger partial charge in [0.15, 0.2) is 0 Å². The predicted octanol–water partition coefficient (Wildman–Crippen LogP) is 4.03. The molecule has 0 aromatic carbocycles. The highest BCUT2D eigenvalue weighted by Gasteiger charge is 2.15. The molecule has 0 radical (unpaired) electrons. The summed E-state index contributed by atoms with van der Waals surface area (Å²) in [7, 11) is 0. The Morgan fingerprint density at radius 3 is 2.62 bits per heavy atom. The standard InChI is InChI=1S/C12H19F/c1-2-3-4-5-6-11(9-10-13)12-7-8-12/h7,11H,2-6,9-10H2,1H3. The molecule has 0 saturated heterocycles. The van der Waals surface area contributed by atoms with Crippen LogP contribution in [0.5, 0.6) is 0 Å². The quantitative estimate of drug-likeness (QED) is 0.393. The van der Waals surface area contributed by atoms with Crippen molar-refractivity contribution in [1.82, 2.24) is 0 Å². The van der Waals surface area contributed by atoms with Crippen LogP contribution in [-0.4, -0.2) is 6.67 Å². The number of hydrogen-bond donors (Lipinski definition) is 0. The van der Waals surface area contributed by atoms with Crippen LogP contribution in [0.2, 0.25) is 0 Å². The molecule has 74 valence electrons. The number of alkyl halides is 1. The summed E-state index contributed by atoms with van der Waals surface area (Å²) in [6.45, 7) is 2.03. The smallest absolute Gasteiger partial charge is 0.0900 e. The normalized spacial score (nSPS) is 15.7. The summed E-state index contributed by atoms with van der Waals surface area (Å²) in [6, 6.07) is 0. The molecule has 1 aliphatic carbocycles. The molecular formula is C12H19F. The van der Waals surface area contributed by atoms with E-state index in [0.29, 0.717) is 12.3 Å². The van der Waals surface area contributed by atoms with Gasteiger partial charge in [0, 0.05) is 5.57 Å². The van der Waals surface area contributed by atoms with Gasteiger partial charge in [-0.05, 0) is 24.8 Å². The van der Waals surface area contributed by atoms with Gasteiger partial charge in [0.1, 0.15) is 0 Å². The van der Waals surface area contributed by atoms with Crippen LogP contribution in [-0.2, 0) is 0 Å². The largest absolute Gasteiger partial charge is 0.251 e. The molecule has 1 unspecified atom stereocenters. The zero-order valence-electron chi connectivity index (χ0n) is 8.48. The lowest BCUT2D eigenvalue weighted by molar-refractivity contribution is 0.398. The Morgan fingerprint density at radius 1 is 1.31 bits per heavy atom. The van der Waals surface area contributed by atoms with E-state index >= 15 is 0 Å². The number of halogens is 1. The maximum Gasteiger partial charge on any atom is 0.0900 e. The van der Waals surface area contributed by atoms with E-state index in [0.717, 1.165) is 6.42 Å². The Labute approximate surface area is 80.5 Å². The topological polar surface area (TPSA) is 0 Å². The van der Waals surface area contributed by atoms with Gasteiger partial charge in [0.25, 0.3) is 0 Å². The van der Waals surface area contributed by atoms with Gasteiger partial charge >= 0.3 is 0 Å². The molecule has 1 atom stereocenters. The van der Waals surface area contributed by atoms with E-state index in [1.54, 1.807) is 0 Å². The molecule has 0 aromatic rings. The van der Waals surface area contributed by atoms with Crippen molar-refractivity contribution >= 4 is 0 Å². The van der Waals surface area contributed by atoms with Gasteiger partial charge in [-0.1, -0.05) is 32.6 Å². The number of hydrogen-bond acceptors (Lipinski definition) is 0. The molecule has 0 aliphatic heterocycles. The highest BCUT2D eigenvalue weighted by molar-refractivity contribution is 5.33. The zero-order valence-corrected chi connectivity index (χ0v) is 8.48. The molecule has 0 saturated carbocycles. The van der Waals surface area contributed by atoms with E-state index in [-0.39, 0.29) is 6.67 Å². The second-order valence-electron chi connectivity index (χ2n) is 3.77. The Kier molecular flexibility index (Phi) is 4.85. The third-order valence-corrected chi connectivity index (χ3v) is 2.61. The monoisotopic (exact) mass is 182 g/mol. The molecule has 0 N–H and O–H groups in total. The predicted molar refractivity (Wildman–Crippen MR) is 54.4 cm³/mol. The van der Waals surface area contributed by atoms with Crippen LogP contribution < -0.4 is 0 Å². The van der Waals surface area contributed by atoms with Gasteiger partial charge in [0.05, 0.1) is 6.67 Å². The Bertz CT molecular complexity index is 199. The van der Waals surface area contributed by atoms with Gasteiger partial charge in [-0.3, -0.25) is 4.39 Å². The summed E-state index contributed by atoms with van der Waals surface area (Å²) in [5, 5.41) is 0. The molecule has 0 spiro atoms. The first-order chi connectivity index (χ1) is 6.38. The zero-order chi connectivity index (χ0) is 9.52. The number of allylic oxidation sites excluding steroid dienone is 1. The first-order valence-corrected chi connectivity index (χ1v) is 5.41. The van der Waals surface area contributed by atoms with Crippen LogP contribution in [0, 0.1) is 5.92 Å². The highest BCUT2D eigenvalue weighted by atomic mass is 19.1. The van der Waals surface area contributed by atoms with E-state index in [4.69, 9.17) is 0 Å². The summed E-state index contributed by atoms with van der Waals surface area (Å²) >= 11 is 0. The van der Waals surface area contributed by atoms with Crippen LogP contribution in [0.3, 0.4) is 0 Å². The maximum absolute atomic E-state index is 12.2. The third-order valence-electron chi connectivity index (χ3n) is 2.61. The molecule has 1 aliphatic rings. The molecular weight excluding hydrogens is 163 g/mol. The fraction of sp³-hybridized carbons (Fsp3) is 0.750. The maximum atomic E-state index is 12.2. The Hall–Kier alpha value is -0.550. The molecule has 0 amide bonds. The van der Waals surface area contributed by atoms with E-state index in [2.05, 4.69) is 12.7 Å². The van der Waals surface area contributed by atoms with Crippen molar-refractivity contribution in [3.8, 4) is 0 Å². The van der Waals surface area contributed by atoms with Crippen molar-refractivity contribution in [1.29, 1.82) is 0 Å². The van der Waals surface area contributed by atoms with Crippen molar-refractivity contribution in [2.24, 2.45) is 5.92 Å². The fourth-order valence-electron chi connectivity index (χ4n) is 1.68. The average molecular weight is 182 g/mol. The second-order valence-corrected chi connectivity index (χ2v) is 3.77. The first-order valence-electron chi connectivity index (χ1n) is 5.41. The molecule has 0 aromatic heterocycles. The lowest BCUT2D eigenvalue weighted by atomic mass is 9.95. The van der Waals surface area contributed by atoms with E-state index < -0.39 is 0 Å². The fourth-order valence-corrected chi connectivity index (χ4v) is 1.68. The van der Waals surface area contributed by atoms with E-state index in [1.807, 2.05) is 6.08 Å². The van der Waals surface area contributed by atoms with Gasteiger partial charge < -0.3 is 0 Å². The van der Waals surface area contributed by atoms with Crippen molar-refractivity contribution < 1.29 is 4.39 Å². The molecule has 0 bridgehead atoms. The minimum Gasteiger partial charge on any atom is -0.251 e. The Morgan fingerprint density at radius 2 is 2.08 bits per heavy atom. The minimum absolute atomic E-state index is 0.183. The molecule has 0 fully saturated rings. The van der Waals surface area contributed by atoms with Gasteiger partial charge in [-0.25, -0.2) is 0 Å². The molecule has 13 heavy (non-hydrogen) atoms. The number of rotatable bonds is 8. The summed E-state index contributed by atoms with van der Waals surface area (Å²) < 4.78 is 12.2. The van der Waals surface area contributed by atoms with Crippen molar-refractivity contribution in [2.45, 2.75) is 45.4 Å². The van der Waals surface area contributed by atoms with Gasteiger partial charge in [-0.15, -0.1) is 5.73 Å². The van der Waals surface area contributed by atoms with Gasteiger partial charge in [-0.2, -0.15) is 0 Å². The van der Waals surface area contributed by atoms with Gasteiger partial charge in [0.2, 0.25) is 0 Å².